The third kappa shape index (κ3) is 3.81. The minimum atomic E-state index is -1.03. The van der Waals surface area contributed by atoms with E-state index in [9.17, 15) is 24.8 Å². The van der Waals surface area contributed by atoms with Crippen LogP contribution in [0.15, 0.2) is 48.2 Å². The Bertz CT molecular complexity index is 1360. The predicted octanol–water partition coefficient (Wildman–Crippen LogP) is 0.228. The summed E-state index contributed by atoms with van der Waals surface area (Å²) in [6, 6.07) is 8.34. The van der Waals surface area contributed by atoms with Crippen molar-refractivity contribution in [2.45, 2.75) is 19.9 Å². The lowest BCUT2D eigenvalue weighted by Crippen LogP contribution is -3.06. The Hall–Kier alpha value is -4.05. The van der Waals surface area contributed by atoms with Crippen LogP contribution >= 0.6 is 0 Å². The fraction of sp³-hybridized carbons (Fsp3) is 0.292. The molecule has 3 aromatic rings. The van der Waals surface area contributed by atoms with Gasteiger partial charge in [0.2, 0.25) is 5.78 Å². The number of nitrogens with one attached hydrogen (secondary N) is 1. The van der Waals surface area contributed by atoms with E-state index in [1.54, 1.807) is 29.7 Å². The highest BCUT2D eigenvalue weighted by molar-refractivity contribution is 6.46. The summed E-state index contributed by atoms with van der Waals surface area (Å²) in [7, 11) is 3.81. The SMILES string of the molecule is Cc1nc2c(C)cccn2c1/C([O-])=C1\C(=O)C(=O)N(CC[NH+](C)C)C1c1cccc([N+](=O)[O-])c1. The van der Waals surface area contributed by atoms with E-state index in [1.165, 1.54) is 23.1 Å². The summed E-state index contributed by atoms with van der Waals surface area (Å²) in [5.74, 6) is -2.29. The molecule has 1 aromatic carbocycles. The highest BCUT2D eigenvalue weighted by Gasteiger charge is 2.45. The molecule has 0 aliphatic carbocycles. The van der Waals surface area contributed by atoms with Crippen molar-refractivity contribution < 1.29 is 24.5 Å². The van der Waals surface area contributed by atoms with Gasteiger partial charge in [-0.1, -0.05) is 24.0 Å². The molecule has 2 aromatic heterocycles. The van der Waals surface area contributed by atoms with Crippen molar-refractivity contribution in [3.8, 4) is 0 Å². The van der Waals surface area contributed by atoms with E-state index >= 15 is 0 Å². The molecule has 0 bridgehead atoms. The fourth-order valence-electron chi connectivity index (χ4n) is 4.32. The van der Waals surface area contributed by atoms with E-state index in [1.807, 2.05) is 27.1 Å². The van der Waals surface area contributed by atoms with Gasteiger partial charge in [0.1, 0.15) is 5.65 Å². The number of nitrogens with zero attached hydrogens (tertiary/aromatic N) is 4. The maximum absolute atomic E-state index is 13.9. The Morgan fingerprint density at radius 3 is 2.59 bits per heavy atom. The minimum Gasteiger partial charge on any atom is -0.871 e. The smallest absolute Gasteiger partial charge is 0.295 e. The first-order chi connectivity index (χ1) is 16.1. The van der Waals surface area contributed by atoms with Crippen molar-refractivity contribution in [1.82, 2.24) is 14.3 Å². The van der Waals surface area contributed by atoms with Crippen molar-refractivity contribution in [2.24, 2.45) is 0 Å². The molecule has 3 heterocycles. The average molecular weight is 463 g/mol. The number of rotatable bonds is 6. The standard InChI is InChI=1S/C24H25N5O5/c1-14-7-6-10-27-19(15(2)25-23(14)27)21(30)18-20(16-8-5-9-17(13-16)29(33)34)28(12-11-26(3)4)24(32)22(18)31/h5-10,13,20,30H,11-12H2,1-4H3/b21-18+. The van der Waals surface area contributed by atoms with Gasteiger partial charge in [0.25, 0.3) is 11.6 Å². The van der Waals surface area contributed by atoms with E-state index in [0.29, 0.717) is 23.4 Å². The zero-order valence-electron chi connectivity index (χ0n) is 19.4. The molecule has 1 aliphatic rings. The highest BCUT2D eigenvalue weighted by Crippen LogP contribution is 2.39. The van der Waals surface area contributed by atoms with Gasteiger partial charge in [0.15, 0.2) is 0 Å². The number of imidazole rings is 1. The molecule has 34 heavy (non-hydrogen) atoms. The molecule has 4 rings (SSSR count). The summed E-state index contributed by atoms with van der Waals surface area (Å²) in [5, 5.41) is 25.2. The number of Topliss-reactive ketones (excluding diaryl/α,β-unsaturated/α-hetero) is 1. The second-order valence-electron chi connectivity index (χ2n) is 8.71. The van der Waals surface area contributed by atoms with Gasteiger partial charge in [-0.05, 0) is 31.0 Å². The molecular weight excluding hydrogens is 438 g/mol. The number of hydrogen-bond acceptors (Lipinski definition) is 6. The number of aryl methyl sites for hydroxylation is 2. The van der Waals surface area contributed by atoms with E-state index in [2.05, 4.69) is 4.98 Å². The molecule has 1 fully saturated rings. The maximum atomic E-state index is 13.9. The number of nitro groups is 1. The summed E-state index contributed by atoms with van der Waals surface area (Å²) in [5.41, 5.74) is 2.01. The molecule has 1 amide bonds. The number of pyridine rings is 1. The lowest BCUT2D eigenvalue weighted by atomic mass is 9.96. The number of nitro benzene ring substituents is 1. The van der Waals surface area contributed by atoms with Crippen LogP contribution in [0.1, 0.15) is 28.6 Å². The van der Waals surface area contributed by atoms with Crippen LogP contribution in [-0.4, -0.2) is 58.1 Å². The number of quaternary nitrogens is 1. The van der Waals surface area contributed by atoms with Gasteiger partial charge >= 0.3 is 0 Å². The molecular formula is C24H25N5O5. The number of fused-ring (bicyclic) bond motifs is 1. The summed E-state index contributed by atoms with van der Waals surface area (Å²) in [6.07, 6.45) is 1.69. The Kier molecular flexibility index (Phi) is 5.92. The predicted molar refractivity (Wildman–Crippen MR) is 122 cm³/mol. The first-order valence-corrected chi connectivity index (χ1v) is 10.9. The average Bonchev–Trinajstić information content (AvgIpc) is 3.26. The quantitative estimate of drug-likeness (QED) is 0.183. The van der Waals surface area contributed by atoms with E-state index in [4.69, 9.17) is 0 Å². The van der Waals surface area contributed by atoms with Crippen molar-refractivity contribution in [1.29, 1.82) is 0 Å². The van der Waals surface area contributed by atoms with Crippen molar-refractivity contribution in [3.63, 3.8) is 0 Å². The molecule has 0 saturated carbocycles. The van der Waals surface area contributed by atoms with Crippen molar-refractivity contribution >= 4 is 28.8 Å². The Balaban J connectivity index is 1.96. The molecule has 0 radical (unpaired) electrons. The number of carbonyl (C=O) groups excluding carboxylic acids is 2. The van der Waals surface area contributed by atoms with E-state index < -0.39 is 28.4 Å². The van der Waals surface area contributed by atoms with E-state index in [0.717, 1.165) is 10.5 Å². The number of hydrogen-bond donors (Lipinski definition) is 1. The molecule has 1 saturated heterocycles. The van der Waals surface area contributed by atoms with Crippen LogP contribution in [0.2, 0.25) is 0 Å². The van der Waals surface area contributed by atoms with Gasteiger partial charge in [0, 0.05) is 23.9 Å². The topological polar surface area (TPSA) is 125 Å². The zero-order valence-corrected chi connectivity index (χ0v) is 19.4. The lowest BCUT2D eigenvalue weighted by Gasteiger charge is -2.27. The first kappa shape index (κ1) is 23.1. The monoisotopic (exact) mass is 463 g/mol. The Labute approximate surface area is 195 Å². The molecule has 1 aliphatic heterocycles. The second kappa shape index (κ2) is 8.71. The van der Waals surface area contributed by atoms with E-state index in [-0.39, 0.29) is 23.5 Å². The number of likely N-dealkylation sites (tertiary alicyclic amines) is 1. The molecule has 0 spiro atoms. The van der Waals surface area contributed by atoms with Crippen LogP contribution in [0, 0.1) is 24.0 Å². The summed E-state index contributed by atoms with van der Waals surface area (Å²) in [4.78, 5) is 44.0. The number of non-ortho nitro benzene ring substituents is 1. The fourth-order valence-corrected chi connectivity index (χ4v) is 4.32. The third-order valence-electron chi connectivity index (χ3n) is 6.01. The molecule has 1 atom stereocenters. The highest BCUT2D eigenvalue weighted by atomic mass is 16.6. The van der Waals surface area contributed by atoms with Crippen LogP contribution in [0.25, 0.3) is 11.4 Å². The maximum Gasteiger partial charge on any atom is 0.295 e. The first-order valence-electron chi connectivity index (χ1n) is 10.9. The van der Waals surface area contributed by atoms with Crippen molar-refractivity contribution in [2.75, 3.05) is 27.2 Å². The van der Waals surface area contributed by atoms with Crippen LogP contribution in [0.5, 0.6) is 0 Å². The number of amides is 1. The molecule has 10 nitrogen and oxygen atoms in total. The van der Waals surface area contributed by atoms with Gasteiger partial charge < -0.3 is 19.3 Å². The van der Waals surface area contributed by atoms with Crippen molar-refractivity contribution in [3.05, 3.63) is 80.8 Å². The largest absolute Gasteiger partial charge is 0.871 e. The summed E-state index contributed by atoms with van der Waals surface area (Å²) < 4.78 is 1.62. The van der Waals surface area contributed by atoms with Crippen LogP contribution in [0.4, 0.5) is 5.69 Å². The van der Waals surface area contributed by atoms with Crippen LogP contribution < -0.4 is 10.0 Å². The summed E-state index contributed by atoms with van der Waals surface area (Å²) >= 11 is 0. The minimum absolute atomic E-state index is 0.184. The zero-order chi connectivity index (χ0) is 24.7. The number of carbonyl (C=O) groups is 2. The van der Waals surface area contributed by atoms with Gasteiger partial charge in [-0.2, -0.15) is 0 Å². The molecule has 10 heteroatoms. The van der Waals surface area contributed by atoms with Crippen LogP contribution in [-0.2, 0) is 9.59 Å². The third-order valence-corrected chi connectivity index (χ3v) is 6.01. The van der Waals surface area contributed by atoms with Gasteiger partial charge in [-0.15, -0.1) is 0 Å². The van der Waals surface area contributed by atoms with Gasteiger partial charge in [-0.25, -0.2) is 4.98 Å². The Morgan fingerprint density at radius 1 is 1.18 bits per heavy atom. The second-order valence-corrected chi connectivity index (χ2v) is 8.71. The molecule has 176 valence electrons. The number of likely N-dealkylation sites (N-methyl/N-ethyl adjacent to an activating group) is 1. The number of ketones is 1. The lowest BCUT2D eigenvalue weighted by molar-refractivity contribution is -0.857. The van der Waals surface area contributed by atoms with Gasteiger partial charge in [0.05, 0.1) is 49.5 Å². The molecule has 1 unspecified atom stereocenters. The number of benzene rings is 1. The summed E-state index contributed by atoms with van der Waals surface area (Å²) in [6.45, 7) is 4.28. The van der Waals surface area contributed by atoms with Crippen LogP contribution in [0.3, 0.4) is 0 Å². The molecule has 1 N–H and O–H groups in total. The number of aromatic nitrogens is 2. The normalized spacial score (nSPS) is 17.8. The van der Waals surface area contributed by atoms with Gasteiger partial charge in [-0.3, -0.25) is 19.7 Å². The Morgan fingerprint density at radius 2 is 1.91 bits per heavy atom.